The van der Waals surface area contributed by atoms with Crippen molar-refractivity contribution in [2.24, 2.45) is 0 Å². The Balaban J connectivity index is 1.58. The highest BCUT2D eigenvalue weighted by Gasteiger charge is 1.97. The molecule has 2 amide bonds. The maximum absolute atomic E-state index is 11.5. The van der Waals surface area contributed by atoms with Crippen molar-refractivity contribution in [1.82, 2.24) is 15.6 Å². The highest BCUT2D eigenvalue weighted by Crippen LogP contribution is 2.04. The number of carbonyl (C=O) groups is 1. The van der Waals surface area contributed by atoms with Gasteiger partial charge in [-0.25, -0.2) is 4.79 Å². The number of pyridine rings is 1. The monoisotopic (exact) mass is 295 g/mol. The summed E-state index contributed by atoms with van der Waals surface area (Å²) in [5.74, 6) is 6.31. The van der Waals surface area contributed by atoms with Crippen LogP contribution in [0.25, 0.3) is 0 Å². The van der Waals surface area contributed by atoms with Gasteiger partial charge in [0.25, 0.3) is 0 Å². The van der Waals surface area contributed by atoms with Crippen molar-refractivity contribution in [1.29, 1.82) is 0 Å². The van der Waals surface area contributed by atoms with E-state index in [0.29, 0.717) is 12.3 Å². The van der Waals surface area contributed by atoms with Crippen LogP contribution in [-0.4, -0.2) is 24.2 Å². The molecule has 0 spiro atoms. The van der Waals surface area contributed by atoms with Crippen LogP contribution in [-0.2, 0) is 6.54 Å². The molecule has 0 aliphatic carbocycles. The van der Waals surface area contributed by atoms with Gasteiger partial charge in [-0.1, -0.05) is 42.2 Å². The van der Waals surface area contributed by atoms with E-state index in [1.54, 1.807) is 18.5 Å². The number of hydrogen-bond donors (Lipinski definition) is 2. The fourth-order valence-electron chi connectivity index (χ4n) is 1.63. The third kappa shape index (κ3) is 5.97. The van der Waals surface area contributed by atoms with Crippen LogP contribution in [0.15, 0.2) is 54.9 Å². The molecule has 1 aromatic heterocycles. The molecular formula is C17H17N3O2. The van der Waals surface area contributed by atoms with Crippen LogP contribution in [0.1, 0.15) is 5.56 Å². The largest absolute Gasteiger partial charge is 0.479 e. The predicted octanol–water partition coefficient (Wildman–Crippen LogP) is 1.96. The topological polar surface area (TPSA) is 63.2 Å². The van der Waals surface area contributed by atoms with Crippen LogP contribution >= 0.6 is 0 Å². The van der Waals surface area contributed by atoms with Crippen molar-refractivity contribution >= 4 is 6.03 Å². The van der Waals surface area contributed by atoms with Crippen LogP contribution in [0.3, 0.4) is 0 Å². The summed E-state index contributed by atoms with van der Waals surface area (Å²) in [5.41, 5.74) is 1.05. The van der Waals surface area contributed by atoms with E-state index in [1.807, 2.05) is 36.4 Å². The second kappa shape index (κ2) is 9.03. The minimum atomic E-state index is -0.244. The minimum absolute atomic E-state index is 0.244. The number of amides is 2. The molecule has 1 heterocycles. The van der Waals surface area contributed by atoms with Crippen molar-refractivity contribution in [3.63, 3.8) is 0 Å². The van der Waals surface area contributed by atoms with E-state index in [2.05, 4.69) is 27.5 Å². The number of rotatable bonds is 5. The van der Waals surface area contributed by atoms with Gasteiger partial charge < -0.3 is 15.4 Å². The summed E-state index contributed by atoms with van der Waals surface area (Å²) < 4.78 is 5.35. The summed E-state index contributed by atoms with van der Waals surface area (Å²) in [6, 6.07) is 13.1. The normalized spacial score (nSPS) is 9.27. The summed E-state index contributed by atoms with van der Waals surface area (Å²) >= 11 is 0. The van der Waals surface area contributed by atoms with E-state index in [-0.39, 0.29) is 19.2 Å². The first-order valence-electron chi connectivity index (χ1n) is 6.89. The van der Waals surface area contributed by atoms with Crippen LogP contribution in [0.4, 0.5) is 4.79 Å². The van der Waals surface area contributed by atoms with Gasteiger partial charge >= 0.3 is 6.03 Å². The second-order valence-electron chi connectivity index (χ2n) is 4.35. The lowest BCUT2D eigenvalue weighted by Gasteiger charge is -2.05. The number of carbonyl (C=O) groups excluding carboxylic acids is 1. The zero-order valence-electron chi connectivity index (χ0n) is 12.1. The van der Waals surface area contributed by atoms with E-state index in [9.17, 15) is 4.79 Å². The van der Waals surface area contributed by atoms with E-state index in [0.717, 1.165) is 5.56 Å². The third-order valence-corrected chi connectivity index (χ3v) is 2.70. The van der Waals surface area contributed by atoms with E-state index >= 15 is 0 Å². The number of urea groups is 1. The molecule has 112 valence electrons. The van der Waals surface area contributed by atoms with Gasteiger partial charge in [-0.05, 0) is 17.7 Å². The van der Waals surface area contributed by atoms with Gasteiger partial charge in [-0.3, -0.25) is 4.98 Å². The van der Waals surface area contributed by atoms with Crippen LogP contribution < -0.4 is 15.4 Å². The fraction of sp³-hybridized carbons (Fsp3) is 0.176. The number of nitrogens with zero attached hydrogens (tertiary/aromatic N) is 1. The van der Waals surface area contributed by atoms with Crippen LogP contribution in [0.5, 0.6) is 5.75 Å². The molecule has 0 radical (unpaired) electrons. The summed E-state index contributed by atoms with van der Waals surface area (Å²) in [5, 5.41) is 5.42. The van der Waals surface area contributed by atoms with Crippen LogP contribution in [0.2, 0.25) is 0 Å². The van der Waals surface area contributed by atoms with Gasteiger partial charge in [-0.2, -0.15) is 0 Å². The molecule has 0 aliphatic heterocycles. The van der Waals surface area contributed by atoms with Crippen LogP contribution in [0, 0.1) is 11.8 Å². The van der Waals surface area contributed by atoms with E-state index in [4.69, 9.17) is 4.74 Å². The van der Waals surface area contributed by atoms with Crippen molar-refractivity contribution in [3.05, 3.63) is 60.4 Å². The van der Waals surface area contributed by atoms with Crippen molar-refractivity contribution in [2.75, 3.05) is 13.2 Å². The quantitative estimate of drug-likeness (QED) is 0.829. The van der Waals surface area contributed by atoms with Gasteiger partial charge in [0, 0.05) is 12.7 Å². The van der Waals surface area contributed by atoms with E-state index in [1.165, 1.54) is 0 Å². The number of aromatic nitrogens is 1. The minimum Gasteiger partial charge on any atom is -0.479 e. The van der Waals surface area contributed by atoms with Crippen molar-refractivity contribution in [3.8, 4) is 17.6 Å². The predicted molar refractivity (Wildman–Crippen MR) is 84.2 cm³/mol. The molecule has 1 aromatic carbocycles. The Morgan fingerprint density at radius 2 is 1.95 bits per heavy atom. The lowest BCUT2D eigenvalue weighted by Crippen LogP contribution is -2.35. The van der Waals surface area contributed by atoms with Gasteiger partial charge in [0.05, 0.1) is 12.7 Å². The summed E-state index contributed by atoms with van der Waals surface area (Å²) in [6.07, 6.45) is 3.30. The first-order valence-corrected chi connectivity index (χ1v) is 6.89. The molecule has 22 heavy (non-hydrogen) atoms. The number of hydrogen-bond acceptors (Lipinski definition) is 3. The average molecular weight is 295 g/mol. The van der Waals surface area contributed by atoms with Crippen molar-refractivity contribution in [2.45, 2.75) is 6.54 Å². The molecule has 2 rings (SSSR count). The molecule has 0 saturated heterocycles. The van der Waals surface area contributed by atoms with Gasteiger partial charge in [0.15, 0.2) is 0 Å². The molecule has 2 N–H and O–H groups in total. The molecule has 5 nitrogen and oxygen atoms in total. The Labute approximate surface area is 129 Å². The highest BCUT2D eigenvalue weighted by molar-refractivity contribution is 5.74. The maximum atomic E-state index is 11.5. The Morgan fingerprint density at radius 3 is 2.73 bits per heavy atom. The molecule has 0 bridgehead atoms. The van der Waals surface area contributed by atoms with Gasteiger partial charge in [0.1, 0.15) is 12.4 Å². The SMILES string of the molecule is O=C(NCC#CCOc1cccnc1)NCc1ccccc1. The third-order valence-electron chi connectivity index (χ3n) is 2.70. The standard InChI is InChI=1S/C17H17N3O2/c21-17(20-13-15-7-2-1-3-8-15)19-11-4-5-12-22-16-9-6-10-18-14-16/h1-3,6-10,14H,11-13H2,(H2,19,20,21). The fourth-order valence-corrected chi connectivity index (χ4v) is 1.63. The second-order valence-corrected chi connectivity index (χ2v) is 4.35. The zero-order chi connectivity index (χ0) is 15.5. The molecule has 5 heteroatoms. The summed E-state index contributed by atoms with van der Waals surface area (Å²) in [4.78, 5) is 15.5. The Hall–Kier alpha value is -3.00. The summed E-state index contributed by atoms with van der Waals surface area (Å²) in [7, 11) is 0. The van der Waals surface area contributed by atoms with Gasteiger partial charge in [-0.15, -0.1) is 0 Å². The Morgan fingerprint density at radius 1 is 1.09 bits per heavy atom. The molecule has 2 aromatic rings. The molecule has 0 unspecified atom stereocenters. The highest BCUT2D eigenvalue weighted by atomic mass is 16.5. The maximum Gasteiger partial charge on any atom is 0.315 e. The Bertz CT molecular complexity index is 633. The molecule has 0 fully saturated rings. The molecular weight excluding hydrogens is 278 g/mol. The van der Waals surface area contributed by atoms with E-state index < -0.39 is 0 Å². The zero-order valence-corrected chi connectivity index (χ0v) is 12.1. The van der Waals surface area contributed by atoms with Gasteiger partial charge in [0.2, 0.25) is 0 Å². The molecule has 0 aliphatic rings. The first kappa shape index (κ1) is 15.4. The summed E-state index contributed by atoms with van der Waals surface area (Å²) in [6.45, 7) is 1.03. The smallest absolute Gasteiger partial charge is 0.315 e. The molecule has 0 atom stereocenters. The number of benzene rings is 1. The lowest BCUT2D eigenvalue weighted by molar-refractivity contribution is 0.241. The lowest BCUT2D eigenvalue weighted by atomic mass is 10.2. The number of nitrogens with one attached hydrogen (secondary N) is 2. The number of ether oxygens (including phenoxy) is 1. The Kier molecular flexibility index (Phi) is 6.32. The van der Waals surface area contributed by atoms with Crippen molar-refractivity contribution < 1.29 is 9.53 Å². The molecule has 0 saturated carbocycles. The average Bonchev–Trinajstić information content (AvgIpc) is 2.58. The first-order chi connectivity index (χ1) is 10.8.